The van der Waals surface area contributed by atoms with E-state index >= 15 is 0 Å². The molecule has 2 heterocycles. The average Bonchev–Trinajstić information content (AvgIpc) is 2.83. The lowest BCUT2D eigenvalue weighted by Crippen LogP contribution is -2.16. The Kier molecular flexibility index (Phi) is 4.42. The quantitative estimate of drug-likeness (QED) is 0.828. The highest BCUT2D eigenvalue weighted by atomic mass is 79.9. The monoisotopic (exact) mass is 329 g/mol. The summed E-state index contributed by atoms with van der Waals surface area (Å²) in [6.07, 6.45) is 0. The van der Waals surface area contributed by atoms with Crippen LogP contribution in [-0.4, -0.2) is 0 Å². The van der Waals surface area contributed by atoms with Crippen molar-refractivity contribution in [2.45, 2.75) is 33.4 Å². The molecule has 2 rings (SSSR count). The molecule has 0 aromatic carbocycles. The zero-order chi connectivity index (χ0) is 12.4. The van der Waals surface area contributed by atoms with Crippen molar-refractivity contribution < 1.29 is 0 Å². The molecule has 0 aliphatic heterocycles. The minimum Gasteiger partial charge on any atom is -0.305 e. The Balaban J connectivity index is 1.94. The van der Waals surface area contributed by atoms with Crippen molar-refractivity contribution in [2.24, 2.45) is 0 Å². The molecule has 0 amide bonds. The molecule has 1 unspecified atom stereocenters. The van der Waals surface area contributed by atoms with Gasteiger partial charge in [-0.05, 0) is 54.9 Å². The van der Waals surface area contributed by atoms with Crippen LogP contribution < -0.4 is 5.32 Å². The lowest BCUT2D eigenvalue weighted by atomic mass is 10.2. The molecule has 2 aromatic heterocycles. The Bertz CT molecular complexity index is 482. The van der Waals surface area contributed by atoms with Gasteiger partial charge >= 0.3 is 0 Å². The Morgan fingerprint density at radius 3 is 2.59 bits per heavy atom. The fourth-order valence-electron chi connectivity index (χ4n) is 1.65. The second kappa shape index (κ2) is 5.65. The van der Waals surface area contributed by atoms with E-state index in [1.165, 1.54) is 24.0 Å². The minimum atomic E-state index is 0.426. The molecule has 0 radical (unpaired) electrons. The Morgan fingerprint density at radius 2 is 2.06 bits per heavy atom. The van der Waals surface area contributed by atoms with Gasteiger partial charge in [-0.2, -0.15) is 0 Å². The second-order valence-corrected chi connectivity index (χ2v) is 7.68. The summed E-state index contributed by atoms with van der Waals surface area (Å²) >= 11 is 7.28. The molecule has 4 heteroatoms. The fraction of sp³-hybridized carbons (Fsp3) is 0.385. The van der Waals surface area contributed by atoms with Crippen LogP contribution in [0.15, 0.2) is 22.7 Å². The van der Waals surface area contributed by atoms with Gasteiger partial charge in [-0.3, -0.25) is 0 Å². The van der Waals surface area contributed by atoms with Crippen LogP contribution in [0.2, 0.25) is 0 Å². The first-order valence-electron chi connectivity index (χ1n) is 5.61. The first kappa shape index (κ1) is 13.3. The topological polar surface area (TPSA) is 12.0 Å². The molecule has 92 valence electrons. The van der Waals surface area contributed by atoms with Crippen LogP contribution in [0.4, 0.5) is 0 Å². The first-order valence-corrected chi connectivity index (χ1v) is 8.03. The van der Waals surface area contributed by atoms with Crippen molar-refractivity contribution in [1.82, 2.24) is 5.32 Å². The van der Waals surface area contributed by atoms with E-state index in [1.807, 2.05) is 22.7 Å². The molecule has 0 fully saturated rings. The molecule has 0 saturated carbocycles. The predicted molar refractivity (Wildman–Crippen MR) is 81.1 cm³/mol. The van der Waals surface area contributed by atoms with Gasteiger partial charge in [-0.15, -0.1) is 22.7 Å². The van der Waals surface area contributed by atoms with E-state index in [-0.39, 0.29) is 0 Å². The van der Waals surface area contributed by atoms with Crippen molar-refractivity contribution in [3.05, 3.63) is 42.2 Å². The van der Waals surface area contributed by atoms with Gasteiger partial charge in [-0.25, -0.2) is 0 Å². The summed E-state index contributed by atoms with van der Waals surface area (Å²) < 4.78 is 1.22. The fourth-order valence-corrected chi connectivity index (χ4v) is 4.10. The summed E-state index contributed by atoms with van der Waals surface area (Å²) in [7, 11) is 0. The van der Waals surface area contributed by atoms with Gasteiger partial charge in [0.2, 0.25) is 0 Å². The maximum absolute atomic E-state index is 3.57. The van der Waals surface area contributed by atoms with Crippen LogP contribution in [0, 0.1) is 13.8 Å². The van der Waals surface area contributed by atoms with Crippen LogP contribution >= 0.6 is 38.6 Å². The third-order valence-corrected chi connectivity index (χ3v) is 6.00. The van der Waals surface area contributed by atoms with E-state index in [9.17, 15) is 0 Å². The summed E-state index contributed by atoms with van der Waals surface area (Å²) in [6.45, 7) is 7.46. The van der Waals surface area contributed by atoms with E-state index in [2.05, 4.69) is 60.2 Å². The van der Waals surface area contributed by atoms with E-state index in [4.69, 9.17) is 0 Å². The molecular formula is C13H16BrNS2. The standard InChI is InChI=1S/C13H16BrNS2/c1-8-4-5-13(16-8)9(2)15-7-11-6-12(14)10(3)17-11/h4-6,9,15H,7H2,1-3H3. The SMILES string of the molecule is Cc1ccc(C(C)NCc2cc(Br)c(C)s2)s1. The number of rotatable bonds is 4. The van der Waals surface area contributed by atoms with Gasteiger partial charge in [0.1, 0.15) is 0 Å². The largest absolute Gasteiger partial charge is 0.305 e. The third-order valence-electron chi connectivity index (χ3n) is 2.68. The highest BCUT2D eigenvalue weighted by Gasteiger charge is 2.08. The van der Waals surface area contributed by atoms with Crippen molar-refractivity contribution in [3.8, 4) is 0 Å². The average molecular weight is 330 g/mol. The third kappa shape index (κ3) is 3.41. The van der Waals surface area contributed by atoms with Gasteiger partial charge in [0, 0.05) is 36.6 Å². The molecule has 0 aliphatic rings. The van der Waals surface area contributed by atoms with E-state index < -0.39 is 0 Å². The van der Waals surface area contributed by atoms with Gasteiger partial charge in [-0.1, -0.05) is 0 Å². The number of thiophene rings is 2. The van der Waals surface area contributed by atoms with Crippen molar-refractivity contribution in [1.29, 1.82) is 0 Å². The van der Waals surface area contributed by atoms with Gasteiger partial charge in [0.15, 0.2) is 0 Å². The first-order chi connectivity index (χ1) is 8.06. The van der Waals surface area contributed by atoms with Gasteiger partial charge in [0.05, 0.1) is 0 Å². The smallest absolute Gasteiger partial charge is 0.0389 e. The minimum absolute atomic E-state index is 0.426. The van der Waals surface area contributed by atoms with Crippen LogP contribution in [0.1, 0.15) is 32.5 Å². The molecule has 17 heavy (non-hydrogen) atoms. The van der Waals surface area contributed by atoms with Gasteiger partial charge in [0.25, 0.3) is 0 Å². The molecule has 2 aromatic rings. The highest BCUT2D eigenvalue weighted by molar-refractivity contribution is 9.10. The summed E-state index contributed by atoms with van der Waals surface area (Å²) in [5, 5.41) is 3.57. The van der Waals surface area contributed by atoms with Crippen LogP contribution in [0.3, 0.4) is 0 Å². The van der Waals surface area contributed by atoms with E-state index in [0.29, 0.717) is 6.04 Å². The number of aryl methyl sites for hydroxylation is 2. The lowest BCUT2D eigenvalue weighted by Gasteiger charge is -2.10. The summed E-state index contributed by atoms with van der Waals surface area (Å²) in [5.74, 6) is 0. The normalized spacial score (nSPS) is 12.9. The number of halogens is 1. The molecule has 1 atom stereocenters. The molecule has 0 saturated heterocycles. The molecule has 0 bridgehead atoms. The summed E-state index contributed by atoms with van der Waals surface area (Å²) in [4.78, 5) is 5.52. The van der Waals surface area contributed by atoms with Crippen LogP contribution in [0.25, 0.3) is 0 Å². The molecular weight excluding hydrogens is 314 g/mol. The molecule has 0 aliphatic carbocycles. The Labute approximate surface area is 119 Å². The Morgan fingerprint density at radius 1 is 1.29 bits per heavy atom. The zero-order valence-electron chi connectivity index (χ0n) is 10.2. The number of hydrogen-bond acceptors (Lipinski definition) is 3. The molecule has 0 spiro atoms. The van der Waals surface area contributed by atoms with Crippen LogP contribution in [0.5, 0.6) is 0 Å². The van der Waals surface area contributed by atoms with E-state index in [0.717, 1.165) is 6.54 Å². The van der Waals surface area contributed by atoms with E-state index in [1.54, 1.807) is 0 Å². The maximum Gasteiger partial charge on any atom is 0.0389 e. The second-order valence-electron chi connectivity index (χ2n) is 4.17. The van der Waals surface area contributed by atoms with Crippen LogP contribution in [-0.2, 0) is 6.54 Å². The summed E-state index contributed by atoms with van der Waals surface area (Å²) in [5.41, 5.74) is 0. The van der Waals surface area contributed by atoms with Gasteiger partial charge < -0.3 is 5.32 Å². The van der Waals surface area contributed by atoms with Crippen molar-refractivity contribution >= 4 is 38.6 Å². The number of nitrogens with one attached hydrogen (secondary N) is 1. The lowest BCUT2D eigenvalue weighted by molar-refractivity contribution is 0.587. The number of hydrogen-bond donors (Lipinski definition) is 1. The maximum atomic E-state index is 3.57. The van der Waals surface area contributed by atoms with Crippen molar-refractivity contribution in [2.75, 3.05) is 0 Å². The Hall–Kier alpha value is -0.160. The highest BCUT2D eigenvalue weighted by Crippen LogP contribution is 2.27. The molecule has 1 N–H and O–H groups in total. The predicted octanol–water partition coefficient (Wildman–Crippen LogP) is 5.04. The zero-order valence-corrected chi connectivity index (χ0v) is 13.4. The van der Waals surface area contributed by atoms with Crippen molar-refractivity contribution in [3.63, 3.8) is 0 Å². The summed E-state index contributed by atoms with van der Waals surface area (Å²) in [6, 6.07) is 7.03. The molecule has 1 nitrogen and oxygen atoms in total.